The second-order valence-electron chi connectivity index (χ2n) is 36.7. The molecule has 14 atom stereocenters. The van der Waals surface area contributed by atoms with Crippen LogP contribution in [0.25, 0.3) is 0 Å². The van der Waals surface area contributed by atoms with Gasteiger partial charge < -0.3 is 61.6 Å². The van der Waals surface area contributed by atoms with Gasteiger partial charge in [0.05, 0.1) is 76.9 Å². The van der Waals surface area contributed by atoms with Crippen molar-refractivity contribution in [1.29, 1.82) is 0 Å². The average Bonchev–Trinajstić information content (AvgIpc) is 0.768. The highest BCUT2D eigenvalue weighted by molar-refractivity contribution is 5.73. The topological polar surface area (TPSA) is 154 Å². The van der Waals surface area contributed by atoms with Crippen molar-refractivity contribution in [3.8, 4) is 0 Å². The summed E-state index contributed by atoms with van der Waals surface area (Å²) in [6.07, 6.45) is 30.0. The molecule has 2 fully saturated rings. The third-order valence-electron chi connectivity index (χ3n) is 26.0. The van der Waals surface area contributed by atoms with Gasteiger partial charge in [0.25, 0.3) is 0 Å². The fourth-order valence-corrected chi connectivity index (χ4v) is 18.2. The minimum Gasteiger partial charge on any atom is -0.463 e. The molecule has 2 aliphatic heterocycles. The highest BCUT2D eigenvalue weighted by Gasteiger charge is 2.55. The van der Waals surface area contributed by atoms with E-state index in [1.54, 1.807) is 0 Å². The molecule has 2 aliphatic rings. The van der Waals surface area contributed by atoms with Gasteiger partial charge in [0.15, 0.2) is 12.6 Å². The Morgan fingerprint density at radius 2 is 0.435 bits per heavy atom. The van der Waals surface area contributed by atoms with E-state index in [4.69, 9.17) is 61.6 Å². The third kappa shape index (κ3) is 40.8. The molecule has 0 unspecified atom stereocenters. The Morgan fingerprint density at radius 1 is 0.237 bits per heavy atom. The van der Waals surface area contributed by atoms with E-state index >= 15 is 9.59 Å². The molecule has 0 amide bonds. The Bertz CT molecular complexity index is 3830. The predicted octanol–water partition coefficient (Wildman–Crippen LogP) is 28.4. The van der Waals surface area contributed by atoms with Gasteiger partial charge in [0, 0.05) is 0 Å². The maximum absolute atomic E-state index is 16.1. The summed E-state index contributed by atoms with van der Waals surface area (Å²) < 4.78 is 95.8. The van der Waals surface area contributed by atoms with Gasteiger partial charge in [0.1, 0.15) is 62.0 Å². The van der Waals surface area contributed by atoms with Gasteiger partial charge in [0.2, 0.25) is 0 Å². The van der Waals surface area contributed by atoms with E-state index in [0.29, 0.717) is 38.9 Å². The van der Waals surface area contributed by atoms with Gasteiger partial charge in [-0.05, 0) is 70.2 Å². The minimum atomic E-state index is -1.38. The average molecular weight is 1800 g/mol. The number of hydrogen-bond donors (Lipinski definition) is 0. The van der Waals surface area contributed by atoms with Crippen LogP contribution in [0.4, 0.5) is 0 Å². The lowest BCUT2D eigenvalue weighted by Crippen LogP contribution is -2.66. The quantitative estimate of drug-likeness (QED) is 0.0262. The standard InChI is InChI=1S/C116H162O15/c1-5-9-13-17-21-25-29-33-61-81-103(119-83-93-63-43-35-44-64-93)101(79-59-31-27-23-19-15-11-7-3)113(117)127-91-105-107(121-85-95-67-47-37-48-68-95)109(123-87-97-71-51-39-52-72-97)111(125-89-99-75-55-41-56-76-99)115(129-105)131-116-112(126-90-100-77-57-42-58-78-100)110(124-88-98-73-53-40-54-74-98)108(122-86-96-69-49-38-50-70-96)106(130-116)92-128-114(118)102(80-60-32-28-24-20-16-12-8-4)104(120-84-94-65-45-36-46-66-94)82-62-34-30-26-22-18-14-10-6-2/h35-58,63-78,101-112,115-116H,5-34,59-62,79-92H2,1-4H3/t101-,102-,103-,104-,105+,106+,107+,108+,109-,110-,111+,112+,115+,116+/m0/s1. The van der Waals surface area contributed by atoms with Gasteiger partial charge in [-0.2, -0.15) is 0 Å². The van der Waals surface area contributed by atoms with Crippen molar-refractivity contribution < 1.29 is 71.2 Å². The first-order valence-corrected chi connectivity index (χ1v) is 51.3. The monoisotopic (exact) mass is 1800 g/mol. The molecular weight excluding hydrogens is 1630 g/mol. The number of carbonyl (C=O) groups is 2. The van der Waals surface area contributed by atoms with Crippen LogP contribution >= 0.6 is 0 Å². The van der Waals surface area contributed by atoms with Gasteiger partial charge in [-0.25, -0.2) is 0 Å². The van der Waals surface area contributed by atoms with Crippen molar-refractivity contribution in [2.24, 2.45) is 11.8 Å². The molecule has 15 nitrogen and oxygen atoms in total. The molecule has 0 spiro atoms. The second-order valence-corrected chi connectivity index (χ2v) is 36.7. The van der Waals surface area contributed by atoms with Crippen LogP contribution in [0.15, 0.2) is 243 Å². The lowest BCUT2D eigenvalue weighted by molar-refractivity contribution is -0.394. The van der Waals surface area contributed by atoms with Crippen LogP contribution in [0.1, 0.15) is 316 Å². The number of hydrogen-bond acceptors (Lipinski definition) is 15. The Balaban J connectivity index is 1.06. The first kappa shape index (κ1) is 105. The molecular formula is C116H162O15. The Hall–Kier alpha value is -7.74. The largest absolute Gasteiger partial charge is 0.463 e. The van der Waals surface area contributed by atoms with E-state index in [2.05, 4.69) is 52.0 Å². The molecule has 131 heavy (non-hydrogen) atoms. The molecule has 10 rings (SSSR count). The smallest absolute Gasteiger partial charge is 0.311 e. The minimum absolute atomic E-state index is 0.111. The van der Waals surface area contributed by atoms with Crippen LogP contribution in [0.5, 0.6) is 0 Å². The normalized spacial score (nSPS) is 19.5. The number of rotatable bonds is 72. The zero-order valence-corrected chi connectivity index (χ0v) is 80.2. The Morgan fingerprint density at radius 3 is 0.672 bits per heavy atom. The van der Waals surface area contributed by atoms with Crippen LogP contribution in [-0.4, -0.2) is 98.8 Å². The molecule has 2 heterocycles. The van der Waals surface area contributed by atoms with Crippen molar-refractivity contribution in [2.75, 3.05) is 13.2 Å². The van der Waals surface area contributed by atoms with E-state index in [-0.39, 0.29) is 64.8 Å². The van der Waals surface area contributed by atoms with Crippen molar-refractivity contribution in [3.05, 3.63) is 287 Å². The lowest BCUT2D eigenvalue weighted by atomic mass is 9.91. The summed E-state index contributed by atoms with van der Waals surface area (Å²) in [5.41, 5.74) is 7.57. The summed E-state index contributed by atoms with van der Waals surface area (Å²) >= 11 is 0. The highest BCUT2D eigenvalue weighted by atomic mass is 16.8. The number of benzene rings is 8. The second kappa shape index (κ2) is 65.8. The fourth-order valence-electron chi connectivity index (χ4n) is 18.2. The number of ether oxygens (including phenoxy) is 13. The van der Waals surface area contributed by atoms with Gasteiger partial charge in [-0.1, -0.05) is 489 Å². The maximum Gasteiger partial charge on any atom is 0.311 e. The molecule has 0 aliphatic carbocycles. The van der Waals surface area contributed by atoms with E-state index in [0.717, 1.165) is 134 Å². The zero-order valence-electron chi connectivity index (χ0n) is 80.2. The molecule has 2 saturated heterocycles. The summed E-state index contributed by atoms with van der Waals surface area (Å²) in [6.45, 7) is 10.1. The molecule has 0 N–H and O–H groups in total. The molecule has 15 heteroatoms. The van der Waals surface area contributed by atoms with Crippen LogP contribution in [0.2, 0.25) is 0 Å². The van der Waals surface area contributed by atoms with E-state index in [1.807, 2.05) is 218 Å². The molecule has 0 bridgehead atoms. The third-order valence-corrected chi connectivity index (χ3v) is 26.0. The first-order valence-electron chi connectivity index (χ1n) is 51.3. The molecule has 0 radical (unpaired) electrons. The lowest BCUT2D eigenvalue weighted by Gasteiger charge is -2.49. The highest BCUT2D eigenvalue weighted by Crippen LogP contribution is 2.39. The van der Waals surface area contributed by atoms with Crippen LogP contribution < -0.4 is 0 Å². The summed E-state index contributed by atoms with van der Waals surface area (Å²) in [7, 11) is 0. The SMILES string of the molecule is CCCCCCCCCCC[C@H](OCc1ccccc1)[C@H](CCCCCCCCCC)C(=O)OC[C@H]1O[C@H](O[C@H]2O[C@H](COC(=O)[C@@H](CCCCCCCCCC)[C@H](CCCCCCCCCCC)OCc3ccccc3)[C@@H](OCc3ccccc3)[C@H](OCc3ccccc3)[C@H]2OCc2ccccc2)[C@H](OCc2ccccc2)[C@@H](OCc2ccccc2)[C@@H]1OCc1ccccc1. The molecule has 0 saturated carbocycles. The first-order chi connectivity index (χ1) is 64.8. The van der Waals surface area contributed by atoms with Crippen molar-refractivity contribution in [1.82, 2.24) is 0 Å². The number of unbranched alkanes of at least 4 members (excludes halogenated alkanes) is 30. The van der Waals surface area contributed by atoms with Gasteiger partial charge >= 0.3 is 11.9 Å². The van der Waals surface area contributed by atoms with Gasteiger partial charge in [-0.15, -0.1) is 0 Å². The van der Waals surface area contributed by atoms with Crippen molar-refractivity contribution in [2.45, 2.75) is 398 Å². The molecule has 0 aromatic heterocycles. The van der Waals surface area contributed by atoms with Crippen LogP contribution in [-0.2, 0) is 124 Å². The fraction of sp³-hybridized carbons (Fsp3) is 0.569. The number of carbonyl (C=O) groups excluding carboxylic acids is 2. The van der Waals surface area contributed by atoms with E-state index in [9.17, 15) is 0 Å². The molecule has 8 aromatic carbocycles. The number of esters is 2. The van der Waals surface area contributed by atoms with Crippen LogP contribution in [0.3, 0.4) is 0 Å². The zero-order chi connectivity index (χ0) is 91.3. The molecule has 8 aromatic rings. The van der Waals surface area contributed by atoms with E-state index < -0.39 is 85.5 Å². The van der Waals surface area contributed by atoms with Gasteiger partial charge in [-0.3, -0.25) is 9.59 Å². The van der Waals surface area contributed by atoms with E-state index in [1.165, 1.54) is 128 Å². The summed E-state index contributed by atoms with van der Waals surface area (Å²) in [5, 5.41) is 0. The molecule has 716 valence electrons. The van der Waals surface area contributed by atoms with Crippen molar-refractivity contribution in [3.63, 3.8) is 0 Å². The predicted molar refractivity (Wildman–Crippen MR) is 526 cm³/mol. The van der Waals surface area contributed by atoms with Crippen LogP contribution in [0, 0.1) is 11.8 Å². The summed E-state index contributed by atoms with van der Waals surface area (Å²) in [6, 6.07) is 81.1. The Kier molecular flexibility index (Phi) is 52.9. The maximum atomic E-state index is 16.1. The van der Waals surface area contributed by atoms with Crippen molar-refractivity contribution >= 4 is 11.9 Å². The summed E-state index contributed by atoms with van der Waals surface area (Å²) in [4.78, 5) is 32.2. The summed E-state index contributed by atoms with van der Waals surface area (Å²) in [5.74, 6) is -1.90. The Labute approximate surface area is 788 Å².